The lowest BCUT2D eigenvalue weighted by Crippen LogP contribution is -1.85. The van der Waals surface area contributed by atoms with Crippen molar-refractivity contribution in [2.45, 2.75) is 193 Å². The van der Waals surface area contributed by atoms with Crippen molar-refractivity contribution in [3.63, 3.8) is 0 Å². The van der Waals surface area contributed by atoms with Gasteiger partial charge in [0, 0.05) is 6.42 Å². The Balaban J connectivity index is 3.00. The van der Waals surface area contributed by atoms with Crippen LogP contribution in [0.15, 0.2) is 0 Å². The van der Waals surface area contributed by atoms with Crippen LogP contribution in [0.1, 0.15) is 193 Å². The van der Waals surface area contributed by atoms with Crippen LogP contribution < -0.4 is 0 Å². The molecule has 0 aliphatic rings. The highest BCUT2D eigenvalue weighted by atomic mass is 14.0. The van der Waals surface area contributed by atoms with Gasteiger partial charge in [-0.25, -0.2) is 0 Å². The lowest BCUT2D eigenvalue weighted by Gasteiger charge is -2.04. The fraction of sp³-hybridized carbons (Fsp3) is 0.909. The maximum absolute atomic E-state index is 6.90. The van der Waals surface area contributed by atoms with E-state index < -0.39 is 0 Å². The molecule has 0 heteroatoms. The average Bonchev–Trinajstić information content (AvgIpc) is 2.83. The van der Waals surface area contributed by atoms with Gasteiger partial charge in [0.05, 0.1) is 0 Å². The monoisotopic (exact) mass is 458 g/mol. The molecule has 0 aliphatic carbocycles. The molecule has 0 fully saturated rings. The zero-order chi connectivity index (χ0) is 23.9. The second-order valence-corrected chi connectivity index (χ2v) is 10.7. The van der Waals surface area contributed by atoms with Gasteiger partial charge in [0.2, 0.25) is 0 Å². The summed E-state index contributed by atoms with van der Waals surface area (Å²) in [7, 11) is 0. The van der Waals surface area contributed by atoms with E-state index in [4.69, 9.17) is 6.42 Å². The Kier molecular flexibility index (Phi) is 31.1. The predicted octanol–water partition coefficient (Wildman–Crippen LogP) is 12.1. The lowest BCUT2D eigenvalue weighted by molar-refractivity contribution is 0.514. The average molecular weight is 459 g/mol. The predicted molar refractivity (Wildman–Crippen MR) is 151 cm³/mol. The Morgan fingerprint density at radius 2 is 0.485 bits per heavy atom. The standard InChI is InChI=1S/C33H62/c1-3-5-7-9-11-13-15-17-19-21-23-25-27-29-31-33-32-30-28-26-24-22-20-18-16-14-12-10-8-6-4-2/h1,3,5-33H2. The molecule has 0 unspecified atom stereocenters. The zero-order valence-electron chi connectivity index (χ0n) is 22.9. The van der Waals surface area contributed by atoms with Crippen LogP contribution in [0.5, 0.6) is 0 Å². The van der Waals surface area contributed by atoms with Gasteiger partial charge in [-0.3, -0.25) is 0 Å². The van der Waals surface area contributed by atoms with E-state index in [1.807, 2.05) is 0 Å². The SMILES string of the molecule is [C]#CCCCCCCCCCCCCCCCCCCCCCCCCCCCCCC[CH2]. The van der Waals surface area contributed by atoms with Crippen LogP contribution in [-0.4, -0.2) is 0 Å². The van der Waals surface area contributed by atoms with Crippen LogP contribution in [0.25, 0.3) is 0 Å². The van der Waals surface area contributed by atoms with Crippen molar-refractivity contribution < 1.29 is 0 Å². The molecule has 0 saturated heterocycles. The van der Waals surface area contributed by atoms with Crippen LogP contribution in [0, 0.1) is 19.3 Å². The molecule has 0 spiro atoms. The molecule has 33 heavy (non-hydrogen) atoms. The summed E-state index contributed by atoms with van der Waals surface area (Å²) in [5.41, 5.74) is 0. The molecule has 0 aromatic heterocycles. The molecule has 0 aromatic carbocycles. The molecule has 2 radical (unpaired) electrons. The first-order valence-corrected chi connectivity index (χ1v) is 15.6. The minimum atomic E-state index is 0.860. The first-order valence-electron chi connectivity index (χ1n) is 15.6. The second kappa shape index (κ2) is 31.6. The molecule has 0 aromatic rings. The summed E-state index contributed by atoms with van der Waals surface area (Å²) >= 11 is 0. The maximum atomic E-state index is 6.90. The van der Waals surface area contributed by atoms with Gasteiger partial charge in [-0.15, -0.1) is 0 Å². The maximum Gasteiger partial charge on any atom is 0.00989 e. The minimum Gasteiger partial charge on any atom is -0.0891 e. The largest absolute Gasteiger partial charge is 0.0891 e. The fourth-order valence-corrected chi connectivity index (χ4v) is 4.99. The highest BCUT2D eigenvalue weighted by Gasteiger charge is 1.96. The van der Waals surface area contributed by atoms with E-state index in [0.717, 1.165) is 12.8 Å². The van der Waals surface area contributed by atoms with Crippen LogP contribution in [0.3, 0.4) is 0 Å². The quantitative estimate of drug-likeness (QED) is 0.0772. The molecule has 0 rings (SSSR count). The summed E-state index contributed by atoms with van der Waals surface area (Å²) in [6, 6.07) is 0. The fourth-order valence-electron chi connectivity index (χ4n) is 4.99. The van der Waals surface area contributed by atoms with Crippen molar-refractivity contribution in [1.82, 2.24) is 0 Å². The van der Waals surface area contributed by atoms with Crippen molar-refractivity contribution in [3.05, 3.63) is 13.3 Å². The Morgan fingerprint density at radius 3 is 0.667 bits per heavy atom. The molecule has 0 heterocycles. The summed E-state index contributed by atoms with van der Waals surface area (Å²) in [4.78, 5) is 0. The summed E-state index contributed by atoms with van der Waals surface area (Å²) in [6.07, 6.45) is 49.1. The third-order valence-corrected chi connectivity index (χ3v) is 7.30. The van der Waals surface area contributed by atoms with Gasteiger partial charge in [0.15, 0.2) is 0 Å². The van der Waals surface area contributed by atoms with Gasteiger partial charge >= 0.3 is 0 Å². The molecule has 0 amide bonds. The third kappa shape index (κ3) is 31.6. The number of rotatable bonds is 29. The highest BCUT2D eigenvalue weighted by Crippen LogP contribution is 2.16. The van der Waals surface area contributed by atoms with E-state index in [2.05, 4.69) is 12.8 Å². The lowest BCUT2D eigenvalue weighted by atomic mass is 10.0. The van der Waals surface area contributed by atoms with Crippen LogP contribution in [0.4, 0.5) is 0 Å². The van der Waals surface area contributed by atoms with Gasteiger partial charge in [-0.1, -0.05) is 193 Å². The van der Waals surface area contributed by atoms with Gasteiger partial charge in [0.1, 0.15) is 0 Å². The van der Waals surface area contributed by atoms with E-state index in [-0.39, 0.29) is 0 Å². The van der Waals surface area contributed by atoms with Crippen molar-refractivity contribution in [2.24, 2.45) is 0 Å². The van der Waals surface area contributed by atoms with E-state index in [1.165, 1.54) is 180 Å². The van der Waals surface area contributed by atoms with Crippen molar-refractivity contribution in [2.75, 3.05) is 0 Å². The molecule has 0 nitrogen and oxygen atoms in total. The molecular formula is C33H62. The summed E-state index contributed by atoms with van der Waals surface area (Å²) in [6.45, 7) is 3.92. The molecule has 0 saturated carbocycles. The Labute approximate surface area is 211 Å². The molecular weight excluding hydrogens is 396 g/mol. The topological polar surface area (TPSA) is 0 Å². The highest BCUT2D eigenvalue weighted by molar-refractivity contribution is 4.74. The van der Waals surface area contributed by atoms with E-state index in [1.54, 1.807) is 0 Å². The number of hydrogen-bond donors (Lipinski definition) is 0. The Hall–Kier alpha value is -0.440. The van der Waals surface area contributed by atoms with Gasteiger partial charge in [0.25, 0.3) is 0 Å². The van der Waals surface area contributed by atoms with Gasteiger partial charge in [-0.2, -0.15) is 0 Å². The van der Waals surface area contributed by atoms with Crippen molar-refractivity contribution in [1.29, 1.82) is 0 Å². The minimum absolute atomic E-state index is 0.860. The van der Waals surface area contributed by atoms with Crippen molar-refractivity contribution >= 4 is 0 Å². The second-order valence-electron chi connectivity index (χ2n) is 10.7. The third-order valence-electron chi connectivity index (χ3n) is 7.30. The smallest absolute Gasteiger partial charge is 0.00989 e. The van der Waals surface area contributed by atoms with Crippen LogP contribution in [0.2, 0.25) is 0 Å². The van der Waals surface area contributed by atoms with Gasteiger partial charge in [-0.05, 0) is 12.8 Å². The molecule has 194 valence electrons. The normalized spacial score (nSPS) is 11.2. The van der Waals surface area contributed by atoms with Crippen molar-refractivity contribution in [3.8, 4) is 5.92 Å². The molecule has 0 bridgehead atoms. The summed E-state index contributed by atoms with van der Waals surface area (Å²) < 4.78 is 0. The first-order chi connectivity index (χ1) is 16.4. The van der Waals surface area contributed by atoms with E-state index in [0.29, 0.717) is 0 Å². The number of hydrogen-bond acceptors (Lipinski definition) is 0. The molecule has 0 N–H and O–H groups in total. The molecule has 0 atom stereocenters. The zero-order valence-corrected chi connectivity index (χ0v) is 22.9. The van der Waals surface area contributed by atoms with Crippen LogP contribution in [-0.2, 0) is 0 Å². The number of unbranched alkanes of at least 4 members (excludes halogenated alkanes) is 29. The van der Waals surface area contributed by atoms with E-state index in [9.17, 15) is 0 Å². The molecule has 0 aliphatic heterocycles. The summed E-state index contributed by atoms with van der Waals surface area (Å²) in [5, 5.41) is 0. The van der Waals surface area contributed by atoms with Crippen LogP contribution >= 0.6 is 0 Å². The first kappa shape index (κ1) is 32.6. The van der Waals surface area contributed by atoms with Gasteiger partial charge < -0.3 is 0 Å². The van der Waals surface area contributed by atoms with E-state index >= 15 is 0 Å². The summed E-state index contributed by atoms with van der Waals surface area (Å²) in [5.74, 6) is 2.49. The Bertz CT molecular complexity index is 363. The Morgan fingerprint density at radius 1 is 0.303 bits per heavy atom.